The van der Waals surface area contributed by atoms with Crippen LogP contribution in [0.25, 0.3) is 0 Å². The number of nitrogens with zero attached hydrogens (tertiary/aromatic N) is 2. The zero-order valence-electron chi connectivity index (χ0n) is 15.7. The van der Waals surface area contributed by atoms with Gasteiger partial charge in [0.05, 0.1) is 11.9 Å². The van der Waals surface area contributed by atoms with E-state index >= 15 is 0 Å². The molecule has 0 unspecified atom stereocenters. The standard InChI is InChI=1S/C17H20N4O6S2/c1-21-12-5-3-4-10(12)15(22)14(17(21)23)16-18-11-7-6-9(19-28(2,24)25)8-13(11)29(26,27)20-16/h6-8,10,12,19,22H,3-5H2,1-2H3,(H,18,20)/t10-,12+/m1/s1. The summed E-state index contributed by atoms with van der Waals surface area (Å²) in [6, 6.07) is 3.81. The van der Waals surface area contributed by atoms with E-state index in [2.05, 4.69) is 14.4 Å². The number of rotatable bonds is 3. The molecule has 0 aromatic heterocycles. The van der Waals surface area contributed by atoms with Gasteiger partial charge in [-0.2, -0.15) is 8.42 Å². The maximum Gasteiger partial charge on any atom is 0.286 e. The summed E-state index contributed by atoms with van der Waals surface area (Å²) < 4.78 is 54.2. The molecule has 3 N–H and O–H groups in total. The number of aliphatic hydroxyl groups excluding tert-OH is 1. The molecule has 1 fully saturated rings. The molecular weight excluding hydrogens is 420 g/mol. The van der Waals surface area contributed by atoms with Crippen LogP contribution >= 0.6 is 0 Å². The number of benzene rings is 1. The van der Waals surface area contributed by atoms with Gasteiger partial charge >= 0.3 is 0 Å². The maximum atomic E-state index is 12.8. The fraction of sp³-hybridized carbons (Fsp3) is 0.412. The number of carbonyl (C=O) groups excluding carboxylic acids is 1. The summed E-state index contributed by atoms with van der Waals surface area (Å²) in [6.07, 6.45) is 3.30. The summed E-state index contributed by atoms with van der Waals surface area (Å²) in [5, 5.41) is 13.5. The van der Waals surface area contributed by atoms with Crippen molar-refractivity contribution < 1.29 is 26.7 Å². The molecule has 1 aliphatic carbocycles. The minimum atomic E-state index is -4.23. The van der Waals surface area contributed by atoms with Crippen molar-refractivity contribution in [2.75, 3.05) is 23.3 Å². The number of carbonyl (C=O) groups is 1. The molecule has 1 aromatic rings. The molecule has 1 saturated carbocycles. The van der Waals surface area contributed by atoms with Crippen molar-refractivity contribution in [3.05, 3.63) is 29.5 Å². The largest absolute Gasteiger partial charge is 0.511 e. The molecule has 0 bridgehead atoms. The fourth-order valence-corrected chi connectivity index (χ4v) is 5.82. The highest BCUT2D eigenvalue weighted by Crippen LogP contribution is 2.40. The first-order chi connectivity index (χ1) is 13.5. The Bertz CT molecular complexity index is 1190. The van der Waals surface area contributed by atoms with Crippen LogP contribution in [0.3, 0.4) is 0 Å². The third kappa shape index (κ3) is 3.35. The molecule has 0 radical (unpaired) electrons. The topological polar surface area (TPSA) is 145 Å². The predicted molar refractivity (Wildman–Crippen MR) is 107 cm³/mol. The Hall–Kier alpha value is -2.60. The number of hydrogen-bond donors (Lipinski definition) is 3. The van der Waals surface area contributed by atoms with Crippen molar-refractivity contribution >= 4 is 43.2 Å². The van der Waals surface area contributed by atoms with Crippen LogP contribution in [-0.4, -0.2) is 57.9 Å². The summed E-state index contributed by atoms with van der Waals surface area (Å²) in [5.41, 5.74) is 0.0566. The highest BCUT2D eigenvalue weighted by Gasteiger charge is 2.45. The van der Waals surface area contributed by atoms with Gasteiger partial charge in [-0.1, -0.05) is 6.42 Å². The molecule has 10 nitrogen and oxygen atoms in total. The van der Waals surface area contributed by atoms with Gasteiger partial charge in [0.1, 0.15) is 16.2 Å². The average Bonchev–Trinajstić information content (AvgIpc) is 3.09. The second-order valence-corrected chi connectivity index (χ2v) is 10.7. The van der Waals surface area contributed by atoms with Crippen molar-refractivity contribution in [3.63, 3.8) is 0 Å². The van der Waals surface area contributed by atoms with Crippen LogP contribution in [0.1, 0.15) is 19.3 Å². The summed E-state index contributed by atoms with van der Waals surface area (Å²) >= 11 is 0. The van der Waals surface area contributed by atoms with E-state index in [1.165, 1.54) is 17.0 Å². The number of fused-ring (bicyclic) bond motifs is 2. The van der Waals surface area contributed by atoms with Crippen LogP contribution in [0, 0.1) is 5.92 Å². The second kappa shape index (κ2) is 6.46. The molecule has 29 heavy (non-hydrogen) atoms. The number of hydrogen-bond acceptors (Lipinski definition) is 7. The first-order valence-corrected chi connectivity index (χ1v) is 12.3. The minimum Gasteiger partial charge on any atom is -0.511 e. The van der Waals surface area contributed by atoms with Gasteiger partial charge in [-0.15, -0.1) is 4.40 Å². The second-order valence-electron chi connectivity index (χ2n) is 7.41. The van der Waals surface area contributed by atoms with Crippen molar-refractivity contribution in [3.8, 4) is 0 Å². The summed E-state index contributed by atoms with van der Waals surface area (Å²) in [4.78, 5) is 14.1. The predicted octanol–water partition coefficient (Wildman–Crippen LogP) is 1.02. The van der Waals surface area contributed by atoms with Crippen molar-refractivity contribution in [1.82, 2.24) is 4.90 Å². The monoisotopic (exact) mass is 440 g/mol. The third-order valence-corrected chi connectivity index (χ3v) is 7.31. The lowest BCUT2D eigenvalue weighted by atomic mass is 9.90. The molecule has 3 aliphatic rings. The third-order valence-electron chi connectivity index (χ3n) is 5.38. The zero-order chi connectivity index (χ0) is 21.1. The summed E-state index contributed by atoms with van der Waals surface area (Å²) in [7, 11) is -6.19. The van der Waals surface area contributed by atoms with Crippen LogP contribution < -0.4 is 10.0 Å². The van der Waals surface area contributed by atoms with Gasteiger partial charge < -0.3 is 15.3 Å². The fourth-order valence-electron chi connectivity index (χ4n) is 4.11. The Labute approximate surface area is 168 Å². The molecular formula is C17H20N4O6S2. The van der Waals surface area contributed by atoms with E-state index in [1.54, 1.807) is 7.05 Å². The Balaban J connectivity index is 1.78. The van der Waals surface area contributed by atoms with Crippen LogP contribution in [-0.2, 0) is 24.8 Å². The van der Waals surface area contributed by atoms with Gasteiger partial charge in [-0.25, -0.2) is 8.42 Å². The number of amidine groups is 1. The summed E-state index contributed by atoms with van der Waals surface area (Å²) in [6.45, 7) is 0. The van der Waals surface area contributed by atoms with Gasteiger partial charge in [0.2, 0.25) is 10.0 Å². The number of sulfonamides is 2. The number of nitrogens with one attached hydrogen (secondary N) is 2. The van der Waals surface area contributed by atoms with E-state index in [9.17, 15) is 26.7 Å². The Kier molecular flexibility index (Phi) is 4.39. The molecule has 1 aromatic carbocycles. The molecule has 156 valence electrons. The molecule has 1 amide bonds. The van der Waals surface area contributed by atoms with E-state index < -0.39 is 26.0 Å². The zero-order valence-corrected chi connectivity index (χ0v) is 17.3. The van der Waals surface area contributed by atoms with Gasteiger partial charge in [0.15, 0.2) is 5.84 Å². The maximum absolute atomic E-state index is 12.8. The van der Waals surface area contributed by atoms with E-state index in [-0.39, 0.29) is 45.4 Å². The van der Waals surface area contributed by atoms with E-state index in [0.29, 0.717) is 6.42 Å². The summed E-state index contributed by atoms with van der Waals surface area (Å²) in [5.74, 6) is -1.12. The molecule has 12 heteroatoms. The Morgan fingerprint density at radius 1 is 1.31 bits per heavy atom. The van der Waals surface area contributed by atoms with Gasteiger partial charge in [0, 0.05) is 24.7 Å². The number of amides is 1. The van der Waals surface area contributed by atoms with E-state index in [1.807, 2.05) is 0 Å². The van der Waals surface area contributed by atoms with Gasteiger partial charge in [-0.05, 0) is 31.0 Å². The molecule has 4 rings (SSSR count). The molecule has 0 spiro atoms. The van der Waals surface area contributed by atoms with Crippen LogP contribution in [0.2, 0.25) is 0 Å². The van der Waals surface area contributed by atoms with Crippen molar-refractivity contribution in [1.29, 1.82) is 0 Å². The molecule has 0 saturated heterocycles. The Morgan fingerprint density at radius 2 is 2.03 bits per heavy atom. The quantitative estimate of drug-likeness (QED) is 0.636. The lowest BCUT2D eigenvalue weighted by Crippen LogP contribution is -2.48. The first kappa shape index (κ1) is 19.7. The molecule has 2 atom stereocenters. The van der Waals surface area contributed by atoms with Gasteiger partial charge in [0.25, 0.3) is 15.9 Å². The number of likely N-dealkylation sites (N-methyl/N-ethyl adjacent to an activating group) is 1. The average molecular weight is 441 g/mol. The van der Waals surface area contributed by atoms with Crippen molar-refractivity contribution in [2.45, 2.75) is 30.2 Å². The van der Waals surface area contributed by atoms with Crippen LogP contribution in [0.15, 0.2) is 38.8 Å². The van der Waals surface area contributed by atoms with Crippen LogP contribution in [0.5, 0.6) is 0 Å². The Morgan fingerprint density at radius 3 is 2.72 bits per heavy atom. The normalized spacial score (nSPS) is 25.8. The minimum absolute atomic E-state index is 0.0691. The molecule has 2 aliphatic heterocycles. The SMILES string of the molecule is CN1C(=O)C(C2=NS(=O)(=O)c3cc(NS(C)(=O)=O)ccc3N2)=C(O)[C@@H]2CCC[C@@H]21. The highest BCUT2D eigenvalue weighted by molar-refractivity contribution is 7.92. The van der Waals surface area contributed by atoms with Gasteiger partial charge in [-0.3, -0.25) is 9.52 Å². The van der Waals surface area contributed by atoms with E-state index in [0.717, 1.165) is 25.2 Å². The smallest absolute Gasteiger partial charge is 0.286 e. The van der Waals surface area contributed by atoms with Crippen LogP contribution in [0.4, 0.5) is 11.4 Å². The number of aliphatic hydroxyl groups is 1. The first-order valence-electron chi connectivity index (χ1n) is 8.92. The number of anilines is 2. The van der Waals surface area contributed by atoms with Crippen molar-refractivity contribution in [2.24, 2.45) is 10.3 Å². The lowest BCUT2D eigenvalue weighted by Gasteiger charge is -2.36. The molecule has 2 heterocycles. The lowest BCUT2D eigenvalue weighted by molar-refractivity contribution is -0.129. The highest BCUT2D eigenvalue weighted by atomic mass is 32.2. The van der Waals surface area contributed by atoms with E-state index in [4.69, 9.17) is 0 Å².